The van der Waals surface area contributed by atoms with Gasteiger partial charge in [0, 0.05) is 11.1 Å². The standard InChI is InChI=1S/C10H18Cl2N2O2S/c1-9(2,3)13-7(15)8(16)14(10(4,5)6)17(13,11)12/h1-6H3. The number of hydrogen-bond acceptors (Lipinski definition) is 2. The van der Waals surface area contributed by atoms with Gasteiger partial charge in [0.2, 0.25) is 0 Å². The van der Waals surface area contributed by atoms with Crippen molar-refractivity contribution in [3.05, 3.63) is 0 Å². The molecule has 2 amide bonds. The van der Waals surface area contributed by atoms with Gasteiger partial charge in [-0.25, -0.2) is 0 Å². The number of rotatable bonds is 0. The third kappa shape index (κ3) is 2.37. The van der Waals surface area contributed by atoms with Crippen LogP contribution in [-0.2, 0) is 9.59 Å². The van der Waals surface area contributed by atoms with E-state index >= 15 is 0 Å². The molecule has 0 aliphatic carbocycles. The van der Waals surface area contributed by atoms with Crippen LogP contribution < -0.4 is 0 Å². The highest BCUT2D eigenvalue weighted by molar-refractivity contribution is 8.63. The van der Waals surface area contributed by atoms with Gasteiger partial charge in [0.05, 0.1) is 8.83 Å². The van der Waals surface area contributed by atoms with Gasteiger partial charge in [0.25, 0.3) is 0 Å². The molecule has 1 rings (SSSR count). The van der Waals surface area contributed by atoms with E-state index in [0.29, 0.717) is 0 Å². The molecule has 0 aromatic heterocycles. The molecule has 1 fully saturated rings. The zero-order valence-electron chi connectivity index (χ0n) is 10.9. The third-order valence-corrected chi connectivity index (χ3v) is 6.17. The summed E-state index contributed by atoms with van der Waals surface area (Å²) >= 11 is 0. The highest BCUT2D eigenvalue weighted by Crippen LogP contribution is 2.71. The molecule has 7 heteroatoms. The van der Waals surface area contributed by atoms with Crippen molar-refractivity contribution >= 4 is 42.0 Å². The Hall–Kier alpha value is -0.130. The van der Waals surface area contributed by atoms with Crippen molar-refractivity contribution in [2.75, 3.05) is 0 Å². The average Bonchev–Trinajstić information content (AvgIpc) is 2.13. The number of nitrogens with zero attached hydrogens (tertiary/aromatic N) is 2. The lowest BCUT2D eigenvalue weighted by molar-refractivity contribution is -0.146. The van der Waals surface area contributed by atoms with Crippen LogP contribution in [0.2, 0.25) is 0 Å². The van der Waals surface area contributed by atoms with E-state index in [1.54, 1.807) is 41.5 Å². The number of hydrogen-bond donors (Lipinski definition) is 0. The van der Waals surface area contributed by atoms with E-state index in [2.05, 4.69) is 0 Å². The molecule has 0 aromatic carbocycles. The fourth-order valence-electron chi connectivity index (χ4n) is 1.72. The first-order chi connectivity index (χ1) is 7.31. The summed E-state index contributed by atoms with van der Waals surface area (Å²) in [6.07, 6.45) is 0. The quantitative estimate of drug-likeness (QED) is 0.645. The fourth-order valence-corrected chi connectivity index (χ4v) is 7.00. The molecule has 4 nitrogen and oxygen atoms in total. The lowest BCUT2D eigenvalue weighted by Gasteiger charge is -2.46. The lowest BCUT2D eigenvalue weighted by atomic mass is 10.1. The molecule has 0 aromatic rings. The van der Waals surface area contributed by atoms with Gasteiger partial charge in [-0.1, -0.05) is 0 Å². The molecule has 1 heterocycles. The molecule has 1 saturated heterocycles. The van der Waals surface area contributed by atoms with Crippen molar-refractivity contribution in [2.24, 2.45) is 0 Å². The Labute approximate surface area is 113 Å². The Bertz CT molecular complexity index is 337. The second-order valence-corrected chi connectivity index (χ2v) is 10.6. The topological polar surface area (TPSA) is 40.6 Å². The van der Waals surface area contributed by atoms with E-state index in [-0.39, 0.29) is 0 Å². The Morgan fingerprint density at radius 2 is 1.06 bits per heavy atom. The van der Waals surface area contributed by atoms with E-state index in [4.69, 9.17) is 21.4 Å². The second-order valence-electron chi connectivity index (χ2n) is 5.96. The molecule has 1 aliphatic heterocycles. The number of amides is 2. The minimum atomic E-state index is -2.63. The van der Waals surface area contributed by atoms with Crippen molar-refractivity contribution in [3.63, 3.8) is 0 Å². The van der Waals surface area contributed by atoms with Gasteiger partial charge in [0.1, 0.15) is 0 Å². The third-order valence-electron chi connectivity index (χ3n) is 2.21. The average molecular weight is 301 g/mol. The predicted octanol–water partition coefficient (Wildman–Crippen LogP) is 3.20. The van der Waals surface area contributed by atoms with Gasteiger partial charge in [-0.2, -0.15) is 0 Å². The lowest BCUT2D eigenvalue weighted by Crippen LogP contribution is -2.43. The number of halogens is 2. The summed E-state index contributed by atoms with van der Waals surface area (Å²) in [5.74, 6) is -1.26. The largest absolute Gasteiger partial charge is 0.325 e. The van der Waals surface area contributed by atoms with Crippen LogP contribution in [0, 0.1) is 0 Å². The van der Waals surface area contributed by atoms with Crippen molar-refractivity contribution in [2.45, 2.75) is 52.6 Å². The predicted molar refractivity (Wildman–Crippen MR) is 72.5 cm³/mol. The number of carbonyl (C=O) groups is 2. The Balaban J connectivity index is 3.34. The fraction of sp³-hybridized carbons (Fsp3) is 0.800. The summed E-state index contributed by atoms with van der Waals surface area (Å²) < 4.78 is 2.58. The first kappa shape index (κ1) is 14.9. The smallest absolute Gasteiger partial charge is 0.262 e. The van der Waals surface area contributed by atoms with E-state index < -0.39 is 31.7 Å². The van der Waals surface area contributed by atoms with E-state index in [0.717, 1.165) is 0 Å². The van der Waals surface area contributed by atoms with Crippen LogP contribution in [-0.4, -0.2) is 31.5 Å². The summed E-state index contributed by atoms with van der Waals surface area (Å²) in [6, 6.07) is 0. The van der Waals surface area contributed by atoms with Crippen LogP contribution in [0.4, 0.5) is 0 Å². The van der Waals surface area contributed by atoms with E-state index in [1.807, 2.05) is 0 Å². The maximum atomic E-state index is 12.0. The molecular formula is C10H18Cl2N2O2S. The Kier molecular flexibility index (Phi) is 3.45. The SMILES string of the molecule is CC(C)(C)N1C(=O)C(=O)N(C(C)(C)C)S1(Cl)Cl. The molecule has 0 N–H and O–H groups in total. The minimum Gasteiger partial charge on any atom is -0.262 e. The zero-order chi connectivity index (χ0) is 13.8. The van der Waals surface area contributed by atoms with Gasteiger partial charge in [-0.05, 0) is 62.9 Å². The summed E-state index contributed by atoms with van der Waals surface area (Å²) in [5.41, 5.74) is -1.18. The van der Waals surface area contributed by atoms with E-state index in [9.17, 15) is 9.59 Å². The van der Waals surface area contributed by atoms with Crippen LogP contribution in [0.25, 0.3) is 0 Å². The highest BCUT2D eigenvalue weighted by Gasteiger charge is 2.58. The monoisotopic (exact) mass is 300 g/mol. The van der Waals surface area contributed by atoms with Crippen molar-refractivity contribution in [1.82, 2.24) is 8.61 Å². The summed E-state index contributed by atoms with van der Waals surface area (Å²) in [5, 5.41) is 0. The van der Waals surface area contributed by atoms with Gasteiger partial charge in [-0.3, -0.25) is 18.2 Å². The second kappa shape index (κ2) is 3.93. The zero-order valence-corrected chi connectivity index (χ0v) is 13.2. The molecule has 0 spiro atoms. The molecule has 0 unspecified atom stereocenters. The van der Waals surface area contributed by atoms with E-state index in [1.165, 1.54) is 8.61 Å². The van der Waals surface area contributed by atoms with Crippen molar-refractivity contribution in [3.8, 4) is 0 Å². The van der Waals surface area contributed by atoms with Crippen molar-refractivity contribution < 1.29 is 9.59 Å². The molecule has 0 atom stereocenters. The molecule has 0 saturated carbocycles. The normalized spacial score (nSPS) is 23.3. The van der Waals surface area contributed by atoms with Gasteiger partial charge < -0.3 is 0 Å². The molecule has 0 radical (unpaired) electrons. The Morgan fingerprint density at radius 1 is 0.824 bits per heavy atom. The molecule has 0 bridgehead atoms. The van der Waals surface area contributed by atoms with Crippen LogP contribution in [0.3, 0.4) is 0 Å². The highest BCUT2D eigenvalue weighted by atomic mass is 36.0. The molecule has 100 valence electrons. The van der Waals surface area contributed by atoms with Gasteiger partial charge in [0.15, 0.2) is 0 Å². The maximum absolute atomic E-state index is 12.0. The maximum Gasteiger partial charge on any atom is 0.325 e. The first-order valence-corrected chi connectivity index (χ1v) is 8.43. The van der Waals surface area contributed by atoms with Gasteiger partial charge >= 0.3 is 11.8 Å². The van der Waals surface area contributed by atoms with Crippen LogP contribution in [0.15, 0.2) is 0 Å². The minimum absolute atomic E-state index is 0.592. The molecular weight excluding hydrogens is 283 g/mol. The van der Waals surface area contributed by atoms with Crippen LogP contribution >= 0.6 is 30.2 Å². The molecule has 1 aliphatic rings. The van der Waals surface area contributed by atoms with Gasteiger partial charge in [-0.15, -0.1) is 0 Å². The molecule has 17 heavy (non-hydrogen) atoms. The van der Waals surface area contributed by atoms with Crippen molar-refractivity contribution in [1.29, 1.82) is 0 Å². The van der Waals surface area contributed by atoms with Crippen LogP contribution in [0.1, 0.15) is 41.5 Å². The summed E-state index contributed by atoms with van der Waals surface area (Å²) in [4.78, 5) is 24.0. The summed E-state index contributed by atoms with van der Waals surface area (Å²) in [6.45, 7) is 10.8. The first-order valence-electron chi connectivity index (χ1n) is 5.23. The number of carbonyl (C=O) groups excluding carboxylic acids is 2. The van der Waals surface area contributed by atoms with Crippen LogP contribution in [0.5, 0.6) is 0 Å². The Morgan fingerprint density at radius 3 is 1.18 bits per heavy atom. The summed E-state index contributed by atoms with van der Waals surface area (Å²) in [7, 11) is 10.0.